The van der Waals surface area contributed by atoms with Crippen LogP contribution in [0.4, 0.5) is 5.69 Å². The van der Waals surface area contributed by atoms with Crippen molar-refractivity contribution < 1.29 is 14.7 Å². The first-order valence-electron chi connectivity index (χ1n) is 9.53. The molecule has 1 amide bonds. The number of fused-ring (bicyclic) bond motifs is 1. The highest BCUT2D eigenvalue weighted by atomic mass is 16.4. The normalized spacial score (nSPS) is 10.4. The Labute approximate surface area is 170 Å². The molecule has 0 atom stereocenters. The zero-order valence-electron chi connectivity index (χ0n) is 16.7. The molecule has 0 aliphatic heterocycles. The van der Waals surface area contributed by atoms with Gasteiger partial charge in [0.1, 0.15) is 0 Å². The molecule has 9 nitrogen and oxygen atoms in total. The van der Waals surface area contributed by atoms with Crippen LogP contribution in [-0.2, 0) is 4.79 Å². The maximum atomic E-state index is 12.6. The number of rotatable bonds is 11. The van der Waals surface area contributed by atoms with Crippen molar-refractivity contribution in [1.82, 2.24) is 10.3 Å². The highest BCUT2D eigenvalue weighted by molar-refractivity contribution is 6.07. The van der Waals surface area contributed by atoms with E-state index in [1.807, 2.05) is 24.3 Å². The van der Waals surface area contributed by atoms with Crippen molar-refractivity contribution >= 4 is 34.8 Å². The van der Waals surface area contributed by atoms with E-state index in [4.69, 9.17) is 10.8 Å². The second-order valence-electron chi connectivity index (χ2n) is 6.01. The number of hydrogen-bond acceptors (Lipinski definition) is 6. The highest BCUT2D eigenvalue weighted by Crippen LogP contribution is 2.26. The van der Waals surface area contributed by atoms with Crippen molar-refractivity contribution in [3.05, 3.63) is 36.0 Å². The fraction of sp³-hybridized carbons (Fsp3) is 0.400. The number of pyridine rings is 1. The SMILES string of the molecule is CN.NC=NCCCCNc1c(C(=O)NCCCC(=O)O)cnc2ccccc12. The van der Waals surface area contributed by atoms with Gasteiger partial charge in [0, 0.05) is 37.6 Å². The summed E-state index contributed by atoms with van der Waals surface area (Å²) in [6.07, 6.45) is 5.03. The fourth-order valence-electron chi connectivity index (χ4n) is 2.66. The number of carbonyl (C=O) groups excluding carboxylic acids is 1. The van der Waals surface area contributed by atoms with E-state index in [-0.39, 0.29) is 12.3 Å². The number of aliphatic carboxylic acids is 1. The number of carbonyl (C=O) groups is 2. The Morgan fingerprint density at radius 2 is 1.93 bits per heavy atom. The third-order valence-electron chi connectivity index (χ3n) is 3.99. The summed E-state index contributed by atoms with van der Waals surface area (Å²) in [5.74, 6) is -1.15. The Kier molecular flexibility index (Phi) is 11.4. The smallest absolute Gasteiger partial charge is 0.303 e. The summed E-state index contributed by atoms with van der Waals surface area (Å²) in [7, 11) is 1.50. The van der Waals surface area contributed by atoms with Gasteiger partial charge in [-0.3, -0.25) is 19.6 Å². The second kappa shape index (κ2) is 13.9. The molecule has 9 heteroatoms. The Bertz CT molecular complexity index is 810. The predicted octanol–water partition coefficient (Wildman–Crippen LogP) is 1.58. The lowest BCUT2D eigenvalue weighted by molar-refractivity contribution is -0.137. The topological polar surface area (TPSA) is 156 Å². The van der Waals surface area contributed by atoms with Gasteiger partial charge in [-0.25, -0.2) is 0 Å². The van der Waals surface area contributed by atoms with Crippen molar-refractivity contribution in [2.45, 2.75) is 25.7 Å². The molecule has 2 aromatic rings. The van der Waals surface area contributed by atoms with E-state index in [0.717, 1.165) is 29.4 Å². The fourth-order valence-corrected chi connectivity index (χ4v) is 2.66. The molecule has 0 saturated heterocycles. The molecule has 29 heavy (non-hydrogen) atoms. The van der Waals surface area contributed by atoms with Gasteiger partial charge in [0.15, 0.2) is 0 Å². The first kappa shape index (κ1) is 23.8. The number of nitrogens with one attached hydrogen (secondary N) is 2. The van der Waals surface area contributed by atoms with Gasteiger partial charge in [-0.1, -0.05) is 18.2 Å². The molecule has 0 fully saturated rings. The lowest BCUT2D eigenvalue weighted by Crippen LogP contribution is -2.26. The third-order valence-corrected chi connectivity index (χ3v) is 3.99. The molecule has 0 saturated carbocycles. The molecule has 7 N–H and O–H groups in total. The Balaban J connectivity index is 0.00000204. The van der Waals surface area contributed by atoms with Gasteiger partial charge in [0.05, 0.1) is 23.1 Å². The van der Waals surface area contributed by atoms with E-state index in [1.54, 1.807) is 6.20 Å². The van der Waals surface area contributed by atoms with E-state index in [2.05, 4.69) is 26.3 Å². The number of nitrogens with two attached hydrogens (primary N) is 2. The van der Waals surface area contributed by atoms with Crippen LogP contribution in [0.1, 0.15) is 36.0 Å². The molecule has 0 spiro atoms. The number of para-hydroxylation sites is 1. The summed E-state index contributed by atoms with van der Waals surface area (Å²) in [5.41, 5.74) is 11.7. The molecule has 0 radical (unpaired) electrons. The molecule has 158 valence electrons. The summed E-state index contributed by atoms with van der Waals surface area (Å²) in [4.78, 5) is 31.5. The average molecular weight is 402 g/mol. The van der Waals surface area contributed by atoms with Crippen LogP contribution in [-0.4, -0.2) is 55.0 Å². The second-order valence-corrected chi connectivity index (χ2v) is 6.01. The number of aromatic nitrogens is 1. The van der Waals surface area contributed by atoms with Gasteiger partial charge < -0.3 is 27.2 Å². The van der Waals surface area contributed by atoms with Gasteiger partial charge in [-0.15, -0.1) is 0 Å². The van der Waals surface area contributed by atoms with Crippen molar-refractivity contribution in [2.75, 3.05) is 32.0 Å². The first-order valence-corrected chi connectivity index (χ1v) is 9.53. The summed E-state index contributed by atoms with van der Waals surface area (Å²) < 4.78 is 0. The van der Waals surface area contributed by atoms with Gasteiger partial charge in [0.2, 0.25) is 0 Å². The Morgan fingerprint density at radius 3 is 2.66 bits per heavy atom. The minimum absolute atomic E-state index is 0.0205. The molecular formula is C20H30N6O3. The molecule has 2 rings (SSSR count). The maximum absolute atomic E-state index is 12.6. The monoisotopic (exact) mass is 402 g/mol. The minimum atomic E-state index is -0.877. The Morgan fingerprint density at radius 1 is 1.17 bits per heavy atom. The molecule has 1 aromatic heterocycles. The van der Waals surface area contributed by atoms with Crippen LogP contribution >= 0.6 is 0 Å². The minimum Gasteiger partial charge on any atom is -0.481 e. The lowest BCUT2D eigenvalue weighted by atomic mass is 10.1. The van der Waals surface area contributed by atoms with Crippen molar-refractivity contribution in [1.29, 1.82) is 0 Å². The van der Waals surface area contributed by atoms with Gasteiger partial charge >= 0.3 is 5.97 Å². The van der Waals surface area contributed by atoms with E-state index in [9.17, 15) is 9.59 Å². The standard InChI is InChI=1S/C19H25N5O3.CH5N/c20-13-21-9-3-4-10-22-18-14-6-1-2-7-16(14)24-12-15(18)19(27)23-11-5-8-17(25)26;1-2/h1-2,6-7,12-13H,3-5,8-11H2,(H2,20,21)(H,22,24)(H,23,27)(H,25,26);2H2,1H3. The number of hydrogen-bond donors (Lipinski definition) is 5. The molecule has 0 aliphatic carbocycles. The summed E-state index contributed by atoms with van der Waals surface area (Å²) in [6, 6.07) is 7.62. The first-order chi connectivity index (χ1) is 14.1. The molecule has 0 bridgehead atoms. The van der Waals surface area contributed by atoms with Crippen LogP contribution in [0.15, 0.2) is 35.5 Å². The average Bonchev–Trinajstić information content (AvgIpc) is 2.74. The summed E-state index contributed by atoms with van der Waals surface area (Å²) in [5, 5.41) is 15.7. The third kappa shape index (κ3) is 8.14. The summed E-state index contributed by atoms with van der Waals surface area (Å²) in [6.45, 7) is 1.66. The van der Waals surface area contributed by atoms with Crippen molar-refractivity contribution in [3.63, 3.8) is 0 Å². The number of anilines is 1. The van der Waals surface area contributed by atoms with E-state index < -0.39 is 5.97 Å². The lowest BCUT2D eigenvalue weighted by Gasteiger charge is -2.14. The summed E-state index contributed by atoms with van der Waals surface area (Å²) >= 11 is 0. The van der Waals surface area contributed by atoms with Crippen LogP contribution in [0.3, 0.4) is 0 Å². The molecule has 1 heterocycles. The number of carboxylic acid groups (broad SMARTS) is 1. The number of nitrogens with zero attached hydrogens (tertiary/aromatic N) is 2. The zero-order chi connectivity index (χ0) is 21.5. The molecule has 0 aliphatic rings. The number of carboxylic acids is 1. The van der Waals surface area contributed by atoms with Crippen LogP contribution in [0.5, 0.6) is 0 Å². The molecule has 0 unspecified atom stereocenters. The van der Waals surface area contributed by atoms with E-state index in [0.29, 0.717) is 31.6 Å². The molecular weight excluding hydrogens is 372 g/mol. The van der Waals surface area contributed by atoms with E-state index >= 15 is 0 Å². The highest BCUT2D eigenvalue weighted by Gasteiger charge is 2.15. The number of amides is 1. The van der Waals surface area contributed by atoms with Crippen LogP contribution in [0.25, 0.3) is 10.9 Å². The van der Waals surface area contributed by atoms with Gasteiger partial charge in [0.25, 0.3) is 5.91 Å². The molecule has 1 aromatic carbocycles. The van der Waals surface area contributed by atoms with E-state index in [1.165, 1.54) is 13.4 Å². The zero-order valence-corrected chi connectivity index (χ0v) is 16.7. The number of unbranched alkanes of at least 4 members (excludes halogenated alkanes) is 1. The Hall–Kier alpha value is -3.20. The van der Waals surface area contributed by atoms with Crippen LogP contribution in [0.2, 0.25) is 0 Å². The number of aliphatic imine (C=N–C) groups is 1. The van der Waals surface area contributed by atoms with Gasteiger partial charge in [-0.2, -0.15) is 0 Å². The van der Waals surface area contributed by atoms with Crippen molar-refractivity contribution in [2.24, 2.45) is 16.5 Å². The van der Waals surface area contributed by atoms with Gasteiger partial charge in [-0.05, 0) is 32.4 Å². The maximum Gasteiger partial charge on any atom is 0.303 e. The predicted molar refractivity (Wildman–Crippen MR) is 116 cm³/mol. The number of benzene rings is 1. The van der Waals surface area contributed by atoms with Crippen LogP contribution in [0, 0.1) is 0 Å². The largest absolute Gasteiger partial charge is 0.481 e. The quantitative estimate of drug-likeness (QED) is 0.217. The van der Waals surface area contributed by atoms with Crippen LogP contribution < -0.4 is 22.1 Å². The van der Waals surface area contributed by atoms with Crippen molar-refractivity contribution in [3.8, 4) is 0 Å².